The third kappa shape index (κ3) is 3.61. The summed E-state index contributed by atoms with van der Waals surface area (Å²) in [7, 11) is 1.81. The number of hydrogen-bond donors (Lipinski definition) is 2. The van der Waals surface area contributed by atoms with Crippen molar-refractivity contribution >= 4 is 22.4 Å². The van der Waals surface area contributed by atoms with Gasteiger partial charge in [-0.25, -0.2) is 0 Å². The molecular formula is C24H27N5O. The first kappa shape index (κ1) is 19.9. The number of aromatic nitrogens is 4. The van der Waals surface area contributed by atoms with Gasteiger partial charge in [-0.05, 0) is 49.2 Å². The van der Waals surface area contributed by atoms with Gasteiger partial charge in [0, 0.05) is 52.8 Å². The monoisotopic (exact) mass is 401 g/mol. The molecule has 1 aromatic carbocycles. The molecule has 0 saturated heterocycles. The lowest BCUT2D eigenvalue weighted by Crippen LogP contribution is -2.19. The first-order valence-electron chi connectivity index (χ1n) is 10.0. The van der Waals surface area contributed by atoms with Crippen LogP contribution in [0.25, 0.3) is 22.0 Å². The molecule has 4 aromatic rings. The second-order valence-corrected chi connectivity index (χ2v) is 8.88. The standard InChI is InChI=1S/C24H27N5O/c1-14-7-8-17(26-22-12-21(27-28-22)24(3,4)5)11-18(14)19-10-16-13-25-15(2)9-20(16)29(6)23(19)30/h7-13H,1-6H3,(H2,26,27,28). The molecule has 0 aliphatic heterocycles. The van der Waals surface area contributed by atoms with Gasteiger partial charge in [0.25, 0.3) is 5.56 Å². The fourth-order valence-electron chi connectivity index (χ4n) is 3.57. The van der Waals surface area contributed by atoms with E-state index in [1.165, 1.54) is 0 Å². The molecule has 154 valence electrons. The molecule has 0 atom stereocenters. The van der Waals surface area contributed by atoms with Crippen molar-refractivity contribution in [2.24, 2.45) is 7.05 Å². The maximum absolute atomic E-state index is 13.1. The van der Waals surface area contributed by atoms with Crippen molar-refractivity contribution in [1.29, 1.82) is 0 Å². The van der Waals surface area contributed by atoms with Gasteiger partial charge in [-0.15, -0.1) is 0 Å². The molecule has 0 radical (unpaired) electrons. The van der Waals surface area contributed by atoms with Gasteiger partial charge in [-0.1, -0.05) is 26.8 Å². The van der Waals surface area contributed by atoms with Crippen LogP contribution in [0.15, 0.2) is 47.4 Å². The average Bonchev–Trinajstić information content (AvgIpc) is 3.16. The molecule has 0 unspecified atom stereocenters. The van der Waals surface area contributed by atoms with Gasteiger partial charge in [0.15, 0.2) is 5.82 Å². The van der Waals surface area contributed by atoms with E-state index < -0.39 is 0 Å². The number of nitrogens with one attached hydrogen (secondary N) is 2. The topological polar surface area (TPSA) is 75.6 Å². The molecule has 0 fully saturated rings. The first-order valence-corrected chi connectivity index (χ1v) is 10.0. The molecule has 0 aliphatic carbocycles. The van der Waals surface area contributed by atoms with Crippen LogP contribution in [0, 0.1) is 13.8 Å². The Morgan fingerprint density at radius 2 is 1.80 bits per heavy atom. The third-order valence-corrected chi connectivity index (χ3v) is 5.43. The Morgan fingerprint density at radius 3 is 2.50 bits per heavy atom. The van der Waals surface area contributed by atoms with E-state index in [1.807, 2.05) is 63.5 Å². The van der Waals surface area contributed by atoms with Crippen LogP contribution < -0.4 is 10.9 Å². The van der Waals surface area contributed by atoms with Crippen molar-refractivity contribution in [1.82, 2.24) is 19.7 Å². The summed E-state index contributed by atoms with van der Waals surface area (Å²) < 4.78 is 1.70. The SMILES string of the molecule is Cc1cc2c(cn1)cc(-c1cc(Nc3cc(C(C)(C)C)[nH]n3)ccc1C)c(=O)n2C. The summed E-state index contributed by atoms with van der Waals surface area (Å²) in [6, 6.07) is 11.9. The maximum atomic E-state index is 13.1. The smallest absolute Gasteiger partial charge is 0.258 e. The molecule has 0 saturated carbocycles. The number of H-pyrrole nitrogens is 1. The summed E-state index contributed by atoms with van der Waals surface area (Å²) in [5.41, 5.74) is 6.28. The lowest BCUT2D eigenvalue weighted by atomic mass is 9.92. The van der Waals surface area contributed by atoms with E-state index >= 15 is 0 Å². The van der Waals surface area contributed by atoms with Gasteiger partial charge in [-0.3, -0.25) is 14.9 Å². The van der Waals surface area contributed by atoms with E-state index in [2.05, 4.69) is 41.3 Å². The number of hydrogen-bond acceptors (Lipinski definition) is 4. The van der Waals surface area contributed by atoms with Crippen molar-refractivity contribution < 1.29 is 0 Å². The van der Waals surface area contributed by atoms with Crippen molar-refractivity contribution in [3.05, 3.63) is 69.9 Å². The molecule has 6 nitrogen and oxygen atoms in total. The number of aryl methyl sites for hydroxylation is 3. The van der Waals surface area contributed by atoms with E-state index in [-0.39, 0.29) is 11.0 Å². The van der Waals surface area contributed by atoms with Crippen molar-refractivity contribution in [3.63, 3.8) is 0 Å². The van der Waals surface area contributed by atoms with Crippen molar-refractivity contribution in [2.45, 2.75) is 40.0 Å². The molecule has 0 bridgehead atoms. The molecule has 0 aliphatic rings. The Morgan fingerprint density at radius 1 is 1.03 bits per heavy atom. The highest BCUT2D eigenvalue weighted by atomic mass is 16.1. The Labute approximate surface area is 176 Å². The predicted octanol–water partition coefficient (Wildman–Crippen LogP) is 4.98. The molecule has 4 rings (SSSR count). The highest BCUT2D eigenvalue weighted by Gasteiger charge is 2.17. The molecular weight excluding hydrogens is 374 g/mol. The van der Waals surface area contributed by atoms with Crippen LogP contribution in [0.4, 0.5) is 11.5 Å². The van der Waals surface area contributed by atoms with E-state index in [4.69, 9.17) is 0 Å². The van der Waals surface area contributed by atoms with Crippen LogP contribution in [0.3, 0.4) is 0 Å². The second kappa shape index (κ2) is 7.13. The summed E-state index contributed by atoms with van der Waals surface area (Å²) in [5, 5.41) is 11.8. The van der Waals surface area contributed by atoms with Gasteiger partial charge < -0.3 is 9.88 Å². The number of aromatic amines is 1. The number of fused-ring (bicyclic) bond motifs is 1. The van der Waals surface area contributed by atoms with E-state index in [1.54, 1.807) is 4.57 Å². The summed E-state index contributed by atoms with van der Waals surface area (Å²) in [6.45, 7) is 10.4. The molecule has 3 aromatic heterocycles. The lowest BCUT2D eigenvalue weighted by molar-refractivity contribution is 0.567. The molecule has 6 heteroatoms. The molecule has 0 amide bonds. The van der Waals surface area contributed by atoms with Gasteiger partial charge in [0.1, 0.15) is 0 Å². The highest BCUT2D eigenvalue weighted by molar-refractivity contribution is 5.85. The first-order chi connectivity index (χ1) is 14.1. The Bertz CT molecular complexity index is 1310. The Kier molecular flexibility index (Phi) is 4.73. The van der Waals surface area contributed by atoms with Gasteiger partial charge in [0.2, 0.25) is 0 Å². The fraction of sp³-hybridized carbons (Fsp3) is 0.292. The number of nitrogens with zero attached hydrogens (tertiary/aromatic N) is 3. The maximum Gasteiger partial charge on any atom is 0.258 e. The number of pyridine rings is 2. The lowest BCUT2D eigenvalue weighted by Gasteiger charge is -2.14. The van der Waals surface area contributed by atoms with E-state index in [9.17, 15) is 4.79 Å². The molecule has 0 spiro atoms. The zero-order valence-corrected chi connectivity index (χ0v) is 18.3. The zero-order chi connectivity index (χ0) is 21.6. The minimum absolute atomic E-state index is 0.00490. The Balaban J connectivity index is 1.77. The number of anilines is 2. The molecule has 3 heterocycles. The summed E-state index contributed by atoms with van der Waals surface area (Å²) in [5.74, 6) is 0.751. The van der Waals surface area contributed by atoms with Crippen LogP contribution in [0.2, 0.25) is 0 Å². The summed E-state index contributed by atoms with van der Waals surface area (Å²) >= 11 is 0. The van der Waals surface area contributed by atoms with Gasteiger partial charge >= 0.3 is 0 Å². The van der Waals surface area contributed by atoms with Crippen molar-refractivity contribution in [3.8, 4) is 11.1 Å². The Hall–Kier alpha value is -3.41. The second-order valence-electron chi connectivity index (χ2n) is 8.88. The fourth-order valence-corrected chi connectivity index (χ4v) is 3.57. The van der Waals surface area contributed by atoms with E-state index in [0.717, 1.165) is 44.9 Å². The predicted molar refractivity (Wildman–Crippen MR) is 122 cm³/mol. The molecule has 2 N–H and O–H groups in total. The van der Waals surface area contributed by atoms with Gasteiger partial charge in [-0.2, -0.15) is 5.10 Å². The quantitative estimate of drug-likeness (QED) is 0.508. The van der Waals surface area contributed by atoms with E-state index in [0.29, 0.717) is 5.56 Å². The summed E-state index contributed by atoms with van der Waals surface area (Å²) in [4.78, 5) is 17.5. The summed E-state index contributed by atoms with van der Waals surface area (Å²) in [6.07, 6.45) is 1.82. The van der Waals surface area contributed by atoms with Crippen molar-refractivity contribution in [2.75, 3.05) is 5.32 Å². The average molecular weight is 402 g/mol. The third-order valence-electron chi connectivity index (χ3n) is 5.43. The molecule has 30 heavy (non-hydrogen) atoms. The minimum Gasteiger partial charge on any atom is -0.339 e. The van der Waals surface area contributed by atoms with Crippen LogP contribution >= 0.6 is 0 Å². The van der Waals surface area contributed by atoms with Crippen LogP contribution in [-0.4, -0.2) is 19.7 Å². The highest BCUT2D eigenvalue weighted by Crippen LogP contribution is 2.29. The van der Waals surface area contributed by atoms with Gasteiger partial charge in [0.05, 0.1) is 5.52 Å². The van der Waals surface area contributed by atoms with Crippen LogP contribution in [-0.2, 0) is 12.5 Å². The van der Waals surface area contributed by atoms with Crippen LogP contribution in [0.5, 0.6) is 0 Å². The largest absolute Gasteiger partial charge is 0.339 e. The minimum atomic E-state index is -0.0249. The number of rotatable bonds is 3. The normalized spacial score (nSPS) is 11.8. The zero-order valence-electron chi connectivity index (χ0n) is 18.3. The van der Waals surface area contributed by atoms with Crippen LogP contribution in [0.1, 0.15) is 37.7 Å². The number of benzene rings is 1.